The van der Waals surface area contributed by atoms with Crippen LogP contribution in [-0.2, 0) is 14.3 Å². The number of fused-ring (bicyclic) bond motifs is 7. The maximum absolute atomic E-state index is 13.2. The zero-order valence-corrected chi connectivity index (χ0v) is 33.8. The third-order valence-corrected chi connectivity index (χ3v) is 17.2. The quantitative estimate of drug-likeness (QED) is 0.0935. The number of esters is 1. The molecule has 5 aliphatic rings. The van der Waals surface area contributed by atoms with Gasteiger partial charge in [-0.05, 0) is 123 Å². The lowest BCUT2D eigenvalue weighted by Gasteiger charge is -2.72. The molecule has 5 fully saturated rings. The van der Waals surface area contributed by atoms with Crippen LogP contribution in [0.25, 0.3) is 0 Å². The lowest BCUT2D eigenvalue weighted by molar-refractivity contribution is -0.250. The van der Waals surface area contributed by atoms with Crippen molar-refractivity contribution in [1.82, 2.24) is 0 Å². The SMILES string of the molecule is C=C(C)C1CCC2(C(=O)O)CCC3(C)C(CCC4C5(C)CCC(OC(=O)CCCCCCCCCCCCCCC)C(C)(C)C5CCC43C)C12. The molecule has 50 heavy (non-hydrogen) atoms. The lowest BCUT2D eigenvalue weighted by Crippen LogP contribution is -2.67. The third kappa shape index (κ3) is 7.15. The molecule has 0 amide bonds. The van der Waals surface area contributed by atoms with Crippen LogP contribution in [0.4, 0.5) is 0 Å². The fourth-order valence-electron chi connectivity index (χ4n) is 14.2. The van der Waals surface area contributed by atoms with E-state index in [0.29, 0.717) is 30.1 Å². The first-order valence-corrected chi connectivity index (χ1v) is 21.8. The number of carbonyl (C=O) groups is 2. The van der Waals surface area contributed by atoms with E-state index in [0.717, 1.165) is 57.8 Å². The summed E-state index contributed by atoms with van der Waals surface area (Å²) in [7, 11) is 0. The second-order valence-corrected chi connectivity index (χ2v) is 20.0. The summed E-state index contributed by atoms with van der Waals surface area (Å²) < 4.78 is 6.39. The molecule has 10 unspecified atom stereocenters. The molecule has 0 aromatic rings. The van der Waals surface area contributed by atoms with Gasteiger partial charge in [-0.25, -0.2) is 0 Å². The van der Waals surface area contributed by atoms with Crippen LogP contribution in [0.3, 0.4) is 0 Å². The molecule has 4 heteroatoms. The molecule has 286 valence electrons. The summed E-state index contributed by atoms with van der Waals surface area (Å²) in [5.41, 5.74) is 1.16. The summed E-state index contributed by atoms with van der Waals surface area (Å²) in [5.74, 6) is 1.66. The molecule has 0 radical (unpaired) electrons. The number of hydrogen-bond donors (Lipinski definition) is 1. The minimum absolute atomic E-state index is 0.00649. The molecular weight excluding hydrogens is 617 g/mol. The van der Waals surface area contributed by atoms with Gasteiger partial charge in [0.2, 0.25) is 0 Å². The van der Waals surface area contributed by atoms with E-state index in [1.54, 1.807) is 0 Å². The minimum atomic E-state index is -0.561. The van der Waals surface area contributed by atoms with Gasteiger partial charge < -0.3 is 9.84 Å². The highest BCUT2D eigenvalue weighted by atomic mass is 16.5. The van der Waals surface area contributed by atoms with Crippen LogP contribution in [0.1, 0.15) is 203 Å². The van der Waals surface area contributed by atoms with Crippen LogP contribution in [0.5, 0.6) is 0 Å². The smallest absolute Gasteiger partial charge is 0.309 e. The number of carbonyl (C=O) groups excluding carboxylic acids is 1. The average molecular weight is 695 g/mol. The van der Waals surface area contributed by atoms with E-state index >= 15 is 0 Å². The maximum atomic E-state index is 13.2. The van der Waals surface area contributed by atoms with Gasteiger partial charge in [0.15, 0.2) is 0 Å². The molecule has 10 atom stereocenters. The van der Waals surface area contributed by atoms with Crippen molar-refractivity contribution < 1.29 is 19.4 Å². The standard InChI is InChI=1S/C46H78O4/c1-9-10-11-12-13-14-15-16-17-18-19-20-21-22-39(47)50-38-27-28-43(6)36(42(38,4)5)26-29-45(8)37(43)24-23-35-40-34(33(2)3)25-30-46(40,41(48)49)32-31-44(35,45)7/h34-38,40H,2,9-32H2,1,3-8H3,(H,48,49). The van der Waals surface area contributed by atoms with Gasteiger partial charge in [-0.15, -0.1) is 0 Å². The van der Waals surface area contributed by atoms with Crippen LogP contribution < -0.4 is 0 Å². The van der Waals surface area contributed by atoms with Crippen molar-refractivity contribution in [2.24, 2.45) is 56.7 Å². The molecule has 5 saturated carbocycles. The molecule has 4 nitrogen and oxygen atoms in total. The normalized spacial score (nSPS) is 40.2. The predicted molar refractivity (Wildman–Crippen MR) is 207 cm³/mol. The van der Waals surface area contributed by atoms with Crippen molar-refractivity contribution in [3.8, 4) is 0 Å². The summed E-state index contributed by atoms with van der Waals surface area (Å²) in [6, 6.07) is 0. The fraction of sp³-hybridized carbons (Fsp3) is 0.913. The van der Waals surface area contributed by atoms with E-state index in [2.05, 4.69) is 55.0 Å². The number of ether oxygens (including phenoxy) is 1. The lowest BCUT2D eigenvalue weighted by atomic mass is 9.32. The Bertz CT molecular complexity index is 1190. The average Bonchev–Trinajstić information content (AvgIpc) is 3.47. The molecule has 0 aromatic heterocycles. The van der Waals surface area contributed by atoms with Crippen molar-refractivity contribution >= 4 is 11.9 Å². The van der Waals surface area contributed by atoms with Crippen LogP contribution in [0.2, 0.25) is 0 Å². The van der Waals surface area contributed by atoms with Gasteiger partial charge in [0, 0.05) is 11.8 Å². The second-order valence-electron chi connectivity index (χ2n) is 20.0. The number of allylic oxidation sites excluding steroid dienone is 1. The van der Waals surface area contributed by atoms with Gasteiger partial charge in [0.25, 0.3) is 0 Å². The van der Waals surface area contributed by atoms with E-state index in [9.17, 15) is 14.7 Å². The first-order valence-electron chi connectivity index (χ1n) is 21.8. The number of carboxylic acids is 1. The van der Waals surface area contributed by atoms with E-state index in [4.69, 9.17) is 4.74 Å². The molecule has 5 aliphatic carbocycles. The number of hydrogen-bond acceptors (Lipinski definition) is 3. The van der Waals surface area contributed by atoms with Gasteiger partial charge in [-0.2, -0.15) is 0 Å². The predicted octanol–water partition coefficient (Wildman–Crippen LogP) is 13.1. The molecular formula is C46H78O4. The molecule has 1 N–H and O–H groups in total. The number of rotatable bonds is 17. The van der Waals surface area contributed by atoms with Crippen molar-refractivity contribution in [3.05, 3.63) is 12.2 Å². The Hall–Kier alpha value is -1.32. The van der Waals surface area contributed by atoms with E-state index in [1.165, 1.54) is 95.5 Å². The highest BCUT2D eigenvalue weighted by Gasteiger charge is 2.72. The fourth-order valence-corrected chi connectivity index (χ4v) is 14.2. The van der Waals surface area contributed by atoms with Gasteiger partial charge in [0.05, 0.1) is 5.41 Å². The van der Waals surface area contributed by atoms with Crippen LogP contribution in [0, 0.1) is 56.7 Å². The Kier molecular flexibility index (Phi) is 12.7. The molecule has 0 bridgehead atoms. The van der Waals surface area contributed by atoms with E-state index < -0.39 is 11.4 Å². The second kappa shape index (κ2) is 16.0. The van der Waals surface area contributed by atoms with E-state index in [-0.39, 0.29) is 39.7 Å². The van der Waals surface area contributed by atoms with Crippen molar-refractivity contribution in [2.45, 2.75) is 209 Å². The van der Waals surface area contributed by atoms with Crippen molar-refractivity contribution in [3.63, 3.8) is 0 Å². The monoisotopic (exact) mass is 695 g/mol. The van der Waals surface area contributed by atoms with Crippen LogP contribution >= 0.6 is 0 Å². The minimum Gasteiger partial charge on any atom is -0.481 e. The van der Waals surface area contributed by atoms with Gasteiger partial charge in [0.1, 0.15) is 6.10 Å². The zero-order valence-electron chi connectivity index (χ0n) is 33.8. The molecule has 0 heterocycles. The van der Waals surface area contributed by atoms with Crippen molar-refractivity contribution in [1.29, 1.82) is 0 Å². The Labute approximate surface area is 308 Å². The third-order valence-electron chi connectivity index (χ3n) is 17.2. The highest BCUT2D eigenvalue weighted by molar-refractivity contribution is 5.76. The molecule has 0 saturated heterocycles. The first-order chi connectivity index (χ1) is 23.7. The maximum Gasteiger partial charge on any atom is 0.309 e. The summed E-state index contributed by atoms with van der Waals surface area (Å²) in [6.45, 7) is 21.5. The topological polar surface area (TPSA) is 63.6 Å². The van der Waals surface area contributed by atoms with Gasteiger partial charge in [-0.3, -0.25) is 9.59 Å². The number of aliphatic carboxylic acids is 1. The summed E-state index contributed by atoms with van der Waals surface area (Å²) in [6.07, 6.45) is 28.2. The summed E-state index contributed by atoms with van der Waals surface area (Å²) in [5, 5.41) is 10.7. The number of carboxylic acid groups (broad SMARTS) is 1. The Balaban J connectivity index is 1.13. The number of unbranched alkanes of at least 4 members (excludes halogenated alkanes) is 12. The largest absolute Gasteiger partial charge is 0.481 e. The first kappa shape index (κ1) is 39.9. The Morgan fingerprint density at radius 1 is 0.680 bits per heavy atom. The van der Waals surface area contributed by atoms with Gasteiger partial charge >= 0.3 is 11.9 Å². The summed E-state index contributed by atoms with van der Waals surface area (Å²) >= 11 is 0. The van der Waals surface area contributed by atoms with Crippen LogP contribution in [-0.4, -0.2) is 23.1 Å². The zero-order chi connectivity index (χ0) is 36.4. The van der Waals surface area contributed by atoms with Gasteiger partial charge in [-0.1, -0.05) is 131 Å². The molecule has 0 aliphatic heterocycles. The Morgan fingerprint density at radius 3 is 1.86 bits per heavy atom. The molecule has 0 aromatic carbocycles. The molecule has 5 rings (SSSR count). The summed E-state index contributed by atoms with van der Waals surface area (Å²) in [4.78, 5) is 26.2. The highest BCUT2D eigenvalue weighted by Crippen LogP contribution is 2.77. The van der Waals surface area contributed by atoms with Crippen molar-refractivity contribution in [2.75, 3.05) is 0 Å². The van der Waals surface area contributed by atoms with E-state index in [1.807, 2.05) is 0 Å². The molecule has 0 spiro atoms. The Morgan fingerprint density at radius 2 is 1.28 bits per heavy atom. The van der Waals surface area contributed by atoms with Crippen LogP contribution in [0.15, 0.2) is 12.2 Å².